The molecule has 1 aliphatic heterocycles. The highest BCUT2D eigenvalue weighted by Gasteiger charge is 2.47. The molecule has 1 N–H and O–H groups in total. The minimum atomic E-state index is -0.694. The summed E-state index contributed by atoms with van der Waals surface area (Å²) in [5.41, 5.74) is 4.17. The minimum Gasteiger partial charge on any atom is -0.507 e. The molecule has 1 aliphatic rings. The van der Waals surface area contributed by atoms with Crippen molar-refractivity contribution in [2.24, 2.45) is 7.05 Å². The molecule has 36 heavy (non-hydrogen) atoms. The van der Waals surface area contributed by atoms with Crippen molar-refractivity contribution < 1.29 is 19.4 Å². The third-order valence-corrected chi connectivity index (χ3v) is 7.00. The van der Waals surface area contributed by atoms with Crippen LogP contribution in [0.4, 0.5) is 0 Å². The van der Waals surface area contributed by atoms with E-state index in [1.165, 1.54) is 0 Å². The molecule has 0 aliphatic carbocycles. The third kappa shape index (κ3) is 4.28. The van der Waals surface area contributed by atoms with E-state index in [-0.39, 0.29) is 17.3 Å². The van der Waals surface area contributed by atoms with Crippen LogP contribution in [0.1, 0.15) is 48.1 Å². The van der Waals surface area contributed by atoms with Crippen LogP contribution < -0.4 is 4.74 Å². The van der Waals surface area contributed by atoms with Gasteiger partial charge in [0.15, 0.2) is 0 Å². The van der Waals surface area contributed by atoms with Crippen LogP contribution in [-0.2, 0) is 16.6 Å². The van der Waals surface area contributed by atoms with E-state index in [4.69, 9.17) is 4.74 Å². The van der Waals surface area contributed by atoms with Crippen molar-refractivity contribution in [1.82, 2.24) is 14.4 Å². The Morgan fingerprint density at radius 1 is 1.17 bits per heavy atom. The van der Waals surface area contributed by atoms with Crippen molar-refractivity contribution in [1.29, 1.82) is 0 Å². The summed E-state index contributed by atoms with van der Waals surface area (Å²) < 4.78 is 7.56. The molecule has 1 amide bonds. The molecule has 1 aromatic heterocycles. The van der Waals surface area contributed by atoms with Crippen molar-refractivity contribution in [3.05, 3.63) is 70.4 Å². The van der Waals surface area contributed by atoms with Gasteiger partial charge in [0.25, 0.3) is 11.7 Å². The predicted molar refractivity (Wildman–Crippen MR) is 142 cm³/mol. The highest BCUT2D eigenvalue weighted by molar-refractivity contribution is 6.46. The minimum absolute atomic E-state index is 0.123. The van der Waals surface area contributed by atoms with Crippen molar-refractivity contribution >= 4 is 28.4 Å². The van der Waals surface area contributed by atoms with Gasteiger partial charge in [-0.2, -0.15) is 0 Å². The number of likely N-dealkylation sites (tertiary alicyclic amines) is 1. The molecule has 3 aromatic rings. The van der Waals surface area contributed by atoms with E-state index < -0.39 is 17.7 Å². The highest BCUT2D eigenvalue weighted by atomic mass is 16.5. The Morgan fingerprint density at radius 2 is 1.86 bits per heavy atom. The predicted octanol–water partition coefficient (Wildman–Crippen LogP) is 4.60. The third-order valence-electron chi connectivity index (χ3n) is 7.00. The quantitative estimate of drug-likeness (QED) is 0.298. The van der Waals surface area contributed by atoms with Gasteiger partial charge in [-0.05, 0) is 56.3 Å². The fourth-order valence-electron chi connectivity index (χ4n) is 5.06. The lowest BCUT2D eigenvalue weighted by molar-refractivity contribution is -0.140. The number of aliphatic hydroxyl groups excluding tert-OH is 1. The summed E-state index contributed by atoms with van der Waals surface area (Å²) in [5.74, 6) is -0.530. The Bertz CT molecular complexity index is 1370. The van der Waals surface area contributed by atoms with E-state index in [2.05, 4.69) is 0 Å². The van der Waals surface area contributed by atoms with Crippen LogP contribution in [0, 0.1) is 6.92 Å². The second-order valence-electron chi connectivity index (χ2n) is 10.1. The molecule has 0 bridgehead atoms. The van der Waals surface area contributed by atoms with Gasteiger partial charge in [0.1, 0.15) is 11.5 Å². The molecular weight excluding hydrogens is 454 g/mol. The van der Waals surface area contributed by atoms with Crippen LogP contribution in [0.3, 0.4) is 0 Å². The number of aromatic nitrogens is 1. The van der Waals surface area contributed by atoms with Gasteiger partial charge in [-0.15, -0.1) is 0 Å². The number of methoxy groups -OCH3 is 1. The largest absolute Gasteiger partial charge is 0.507 e. The van der Waals surface area contributed by atoms with Crippen molar-refractivity contribution in [3.63, 3.8) is 0 Å². The Hall–Kier alpha value is -3.58. The fourth-order valence-corrected chi connectivity index (χ4v) is 5.06. The zero-order valence-electron chi connectivity index (χ0n) is 22.1. The number of carbonyl (C=O) groups is 2. The number of hydrogen-bond donors (Lipinski definition) is 1. The molecule has 2 aromatic carbocycles. The van der Waals surface area contributed by atoms with Crippen LogP contribution >= 0.6 is 0 Å². The van der Waals surface area contributed by atoms with Gasteiger partial charge >= 0.3 is 0 Å². The molecule has 7 nitrogen and oxygen atoms in total. The lowest BCUT2D eigenvalue weighted by atomic mass is 9.91. The number of fused-ring (bicyclic) bond motifs is 1. The lowest BCUT2D eigenvalue weighted by Crippen LogP contribution is -2.35. The number of para-hydroxylation sites is 1. The van der Waals surface area contributed by atoms with Crippen molar-refractivity contribution in [2.75, 3.05) is 34.3 Å². The maximum absolute atomic E-state index is 13.5. The average Bonchev–Trinajstić information content (AvgIpc) is 3.30. The number of hydrogen-bond acceptors (Lipinski definition) is 5. The van der Waals surface area contributed by atoms with Gasteiger partial charge in [0.2, 0.25) is 0 Å². The molecule has 4 rings (SSSR count). The van der Waals surface area contributed by atoms with Gasteiger partial charge in [-0.3, -0.25) is 9.59 Å². The van der Waals surface area contributed by atoms with E-state index in [0.717, 1.165) is 33.3 Å². The molecule has 0 radical (unpaired) electrons. The first kappa shape index (κ1) is 25.5. The number of likely N-dealkylation sites (N-methyl/N-ethyl adjacent to an activating group) is 1. The summed E-state index contributed by atoms with van der Waals surface area (Å²) in [7, 11) is 7.42. The number of rotatable bonds is 7. The van der Waals surface area contributed by atoms with Crippen LogP contribution in [0.5, 0.6) is 5.75 Å². The fraction of sp³-hybridized carbons (Fsp3) is 0.379. The van der Waals surface area contributed by atoms with Crippen LogP contribution in [0.15, 0.2) is 48.2 Å². The number of aryl methyl sites for hydroxylation is 2. The summed E-state index contributed by atoms with van der Waals surface area (Å²) in [6.07, 6.45) is 1.96. The van der Waals surface area contributed by atoms with Gasteiger partial charge in [-0.1, -0.05) is 32.0 Å². The number of benzene rings is 2. The lowest BCUT2D eigenvalue weighted by Gasteiger charge is -2.26. The van der Waals surface area contributed by atoms with E-state index in [9.17, 15) is 14.7 Å². The standard InChI is InChI=1S/C29H35N3O4/c1-17(2)20-15-21(18(3)14-24(20)36-7)27(33)25-26(32(13-12-30(4)5)29(35)28(25)34)22-16-31(6)23-11-9-8-10-19(22)23/h8-11,14-17,26,33H,12-13H2,1-7H3/b27-25+. The summed E-state index contributed by atoms with van der Waals surface area (Å²) in [5, 5.41) is 12.6. The zero-order valence-corrected chi connectivity index (χ0v) is 22.1. The summed E-state index contributed by atoms with van der Waals surface area (Å²) >= 11 is 0. The second kappa shape index (κ2) is 9.82. The topological polar surface area (TPSA) is 75.0 Å². The molecule has 1 fully saturated rings. The monoisotopic (exact) mass is 489 g/mol. The number of Topliss-reactive ketones (excluding diaryl/α,β-unsaturated/α-hetero) is 1. The van der Waals surface area contributed by atoms with Crippen LogP contribution in [0.25, 0.3) is 16.7 Å². The number of ether oxygens (including phenoxy) is 1. The Morgan fingerprint density at radius 3 is 2.50 bits per heavy atom. The SMILES string of the molecule is COc1cc(C)c(/C(O)=C2\C(=O)C(=O)N(CCN(C)C)C2c2cn(C)c3ccccc23)cc1C(C)C. The Kier molecular flexibility index (Phi) is 6.96. The molecule has 2 heterocycles. The number of carbonyl (C=O) groups excluding carboxylic acids is 2. The normalized spacial score (nSPS) is 17.7. The maximum atomic E-state index is 13.5. The second-order valence-corrected chi connectivity index (χ2v) is 10.1. The first-order valence-corrected chi connectivity index (χ1v) is 12.2. The summed E-state index contributed by atoms with van der Waals surface area (Å²) in [6, 6.07) is 11.0. The molecular formula is C29H35N3O4. The molecule has 1 unspecified atom stereocenters. The molecule has 1 saturated heterocycles. The van der Waals surface area contributed by atoms with Crippen molar-refractivity contribution in [2.45, 2.75) is 32.7 Å². The van der Waals surface area contributed by atoms with Gasteiger partial charge < -0.3 is 24.2 Å². The number of ketones is 1. The Balaban J connectivity index is 1.98. The molecule has 7 heteroatoms. The van der Waals surface area contributed by atoms with E-state index >= 15 is 0 Å². The van der Waals surface area contributed by atoms with E-state index in [0.29, 0.717) is 18.7 Å². The average molecular weight is 490 g/mol. The smallest absolute Gasteiger partial charge is 0.295 e. The van der Waals surface area contributed by atoms with Crippen molar-refractivity contribution in [3.8, 4) is 5.75 Å². The highest BCUT2D eigenvalue weighted by Crippen LogP contribution is 2.43. The summed E-state index contributed by atoms with van der Waals surface area (Å²) in [6.45, 7) is 6.92. The van der Waals surface area contributed by atoms with Gasteiger partial charge in [0.05, 0.1) is 18.7 Å². The first-order chi connectivity index (χ1) is 17.1. The van der Waals surface area contributed by atoms with Gasteiger partial charge in [-0.25, -0.2) is 0 Å². The zero-order chi connectivity index (χ0) is 26.3. The summed E-state index contributed by atoms with van der Waals surface area (Å²) in [4.78, 5) is 30.4. The first-order valence-electron chi connectivity index (χ1n) is 12.2. The van der Waals surface area contributed by atoms with E-state index in [1.807, 2.05) is 94.0 Å². The molecule has 0 spiro atoms. The Labute approximate surface area is 212 Å². The number of aliphatic hydroxyl groups is 1. The van der Waals surface area contributed by atoms with Gasteiger partial charge in [0, 0.05) is 48.4 Å². The molecule has 0 saturated carbocycles. The van der Waals surface area contributed by atoms with Crippen LogP contribution in [0.2, 0.25) is 0 Å². The number of nitrogens with zero attached hydrogens (tertiary/aromatic N) is 3. The maximum Gasteiger partial charge on any atom is 0.295 e. The van der Waals surface area contributed by atoms with E-state index in [1.54, 1.807) is 12.0 Å². The molecule has 190 valence electrons. The van der Waals surface area contributed by atoms with Crippen LogP contribution in [-0.4, -0.2) is 65.5 Å². The number of amides is 1. The molecule has 1 atom stereocenters.